The van der Waals surface area contributed by atoms with Crippen molar-refractivity contribution in [1.82, 2.24) is 4.98 Å². The third-order valence-corrected chi connectivity index (χ3v) is 3.11. The Kier molecular flexibility index (Phi) is 4.27. The van der Waals surface area contributed by atoms with Gasteiger partial charge in [0.05, 0.1) is 22.3 Å². The van der Waals surface area contributed by atoms with Gasteiger partial charge in [0.15, 0.2) is 5.75 Å². The number of phenols is 1. The van der Waals surface area contributed by atoms with Crippen LogP contribution in [0.4, 0.5) is 0 Å². The van der Waals surface area contributed by atoms with E-state index in [0.29, 0.717) is 29.1 Å². The van der Waals surface area contributed by atoms with Crippen LogP contribution in [0.5, 0.6) is 5.75 Å². The second-order valence-corrected chi connectivity index (χ2v) is 4.75. The monoisotopic (exact) mass is 285 g/mol. The fourth-order valence-corrected chi connectivity index (χ4v) is 2.16. The number of benzene rings is 1. The van der Waals surface area contributed by atoms with E-state index in [0.717, 1.165) is 12.1 Å². The van der Waals surface area contributed by atoms with E-state index in [2.05, 4.69) is 4.98 Å². The summed E-state index contributed by atoms with van der Waals surface area (Å²) in [5.41, 5.74) is 1.15. The average molecular weight is 286 g/mol. The van der Waals surface area contributed by atoms with Gasteiger partial charge < -0.3 is 9.84 Å². The maximum absolute atomic E-state index is 9.88. The molecule has 0 atom stereocenters. The smallest absolute Gasteiger partial charge is 0.160 e. The number of hydrogen-bond donors (Lipinski definition) is 1. The van der Waals surface area contributed by atoms with Crippen LogP contribution in [0.1, 0.15) is 19.0 Å². The third kappa shape index (κ3) is 2.69. The number of aromatic nitrogens is 1. The molecule has 0 amide bonds. The Morgan fingerprint density at radius 1 is 1.28 bits per heavy atom. The number of pyridine rings is 1. The fraction of sp³-hybridized carbons (Fsp3) is 0.308. The highest BCUT2D eigenvalue weighted by molar-refractivity contribution is 6.39. The summed E-state index contributed by atoms with van der Waals surface area (Å²) in [5, 5.41) is 11.2. The fourth-order valence-electron chi connectivity index (χ4n) is 1.64. The Hall–Kier alpha value is -1.03. The lowest BCUT2D eigenvalue weighted by molar-refractivity contribution is 0.119. The highest BCUT2D eigenvalue weighted by atomic mass is 35.5. The predicted octanol–water partition coefficient (Wildman–Crippen LogP) is 4.17. The van der Waals surface area contributed by atoms with E-state index in [1.54, 1.807) is 0 Å². The van der Waals surface area contributed by atoms with Crippen LogP contribution in [-0.2, 0) is 11.3 Å². The quantitative estimate of drug-likeness (QED) is 0.857. The van der Waals surface area contributed by atoms with E-state index >= 15 is 0 Å². The van der Waals surface area contributed by atoms with E-state index < -0.39 is 0 Å². The Balaban J connectivity index is 2.40. The van der Waals surface area contributed by atoms with Gasteiger partial charge in [-0.25, -0.2) is 4.98 Å². The molecule has 0 bridgehead atoms. The SMILES string of the molecule is CCCOCc1ccc2c(Cl)cc(Cl)c(O)c2n1. The lowest BCUT2D eigenvalue weighted by atomic mass is 10.2. The molecule has 0 unspecified atom stereocenters. The van der Waals surface area contributed by atoms with Crippen LogP contribution in [0, 0.1) is 0 Å². The summed E-state index contributed by atoms with van der Waals surface area (Å²) in [5.74, 6) is -0.0478. The van der Waals surface area contributed by atoms with Gasteiger partial charge in [-0.3, -0.25) is 0 Å². The Bertz CT molecular complexity index is 572. The largest absolute Gasteiger partial charge is 0.504 e. The highest BCUT2D eigenvalue weighted by Crippen LogP contribution is 2.36. The molecule has 3 nitrogen and oxygen atoms in total. The number of hydrogen-bond acceptors (Lipinski definition) is 3. The maximum Gasteiger partial charge on any atom is 0.160 e. The predicted molar refractivity (Wildman–Crippen MR) is 73.4 cm³/mol. The molecule has 0 aliphatic carbocycles. The number of aromatic hydroxyl groups is 1. The standard InChI is InChI=1S/C13H13Cl2NO2/c1-2-5-18-7-8-3-4-9-10(14)6-11(15)13(17)12(9)16-8/h3-4,6,17H,2,5,7H2,1H3. The van der Waals surface area contributed by atoms with Gasteiger partial charge in [-0.1, -0.05) is 30.1 Å². The summed E-state index contributed by atoms with van der Waals surface area (Å²) in [6.07, 6.45) is 0.955. The van der Waals surface area contributed by atoms with E-state index in [4.69, 9.17) is 27.9 Å². The summed E-state index contributed by atoms with van der Waals surface area (Å²) >= 11 is 11.9. The van der Waals surface area contributed by atoms with Crippen LogP contribution in [0.3, 0.4) is 0 Å². The van der Waals surface area contributed by atoms with Gasteiger partial charge in [0, 0.05) is 12.0 Å². The zero-order chi connectivity index (χ0) is 13.1. The van der Waals surface area contributed by atoms with Crippen molar-refractivity contribution in [2.24, 2.45) is 0 Å². The van der Waals surface area contributed by atoms with Gasteiger partial charge >= 0.3 is 0 Å². The average Bonchev–Trinajstić information content (AvgIpc) is 2.36. The molecule has 1 aromatic carbocycles. The summed E-state index contributed by atoms with van der Waals surface area (Å²) in [6, 6.07) is 5.15. The first-order valence-electron chi connectivity index (χ1n) is 5.67. The lowest BCUT2D eigenvalue weighted by Gasteiger charge is -2.07. The lowest BCUT2D eigenvalue weighted by Crippen LogP contribution is -1.97. The molecule has 0 saturated heterocycles. The van der Waals surface area contributed by atoms with Crippen LogP contribution in [0.15, 0.2) is 18.2 Å². The van der Waals surface area contributed by atoms with E-state index in [1.165, 1.54) is 6.07 Å². The molecule has 0 saturated carbocycles. The van der Waals surface area contributed by atoms with Gasteiger partial charge in [0.1, 0.15) is 5.52 Å². The molecule has 0 fully saturated rings. The first-order valence-corrected chi connectivity index (χ1v) is 6.43. The summed E-state index contributed by atoms with van der Waals surface area (Å²) in [7, 11) is 0. The molecular weight excluding hydrogens is 273 g/mol. The van der Waals surface area contributed by atoms with Crippen molar-refractivity contribution in [1.29, 1.82) is 0 Å². The van der Waals surface area contributed by atoms with Crippen LogP contribution in [-0.4, -0.2) is 16.7 Å². The second kappa shape index (κ2) is 5.74. The molecular formula is C13H13Cl2NO2. The minimum Gasteiger partial charge on any atom is -0.504 e. The molecule has 0 aliphatic rings. The molecule has 18 heavy (non-hydrogen) atoms. The van der Waals surface area contributed by atoms with Gasteiger partial charge in [-0.05, 0) is 24.6 Å². The second-order valence-electron chi connectivity index (χ2n) is 3.94. The first-order chi connectivity index (χ1) is 8.63. The van der Waals surface area contributed by atoms with Gasteiger partial charge in [0.25, 0.3) is 0 Å². The van der Waals surface area contributed by atoms with Crippen LogP contribution >= 0.6 is 23.2 Å². The van der Waals surface area contributed by atoms with E-state index in [-0.39, 0.29) is 10.8 Å². The molecule has 1 N–H and O–H groups in total. The summed E-state index contributed by atoms with van der Waals surface area (Å²) < 4.78 is 5.41. The zero-order valence-electron chi connectivity index (χ0n) is 9.91. The molecule has 2 aromatic rings. The molecule has 5 heteroatoms. The normalized spacial score (nSPS) is 11.1. The highest BCUT2D eigenvalue weighted by Gasteiger charge is 2.11. The first kappa shape index (κ1) is 13.4. The number of nitrogens with zero attached hydrogens (tertiary/aromatic N) is 1. The van der Waals surface area contributed by atoms with Crippen LogP contribution in [0.2, 0.25) is 10.0 Å². The zero-order valence-corrected chi connectivity index (χ0v) is 11.4. The minimum atomic E-state index is -0.0478. The number of phenolic OH excluding ortho intramolecular Hbond substituents is 1. The summed E-state index contributed by atoms with van der Waals surface area (Å²) in [4.78, 5) is 4.32. The molecule has 1 heterocycles. The van der Waals surface area contributed by atoms with Crippen LogP contribution < -0.4 is 0 Å². The number of fused-ring (bicyclic) bond motifs is 1. The number of ether oxygens (including phenoxy) is 1. The van der Waals surface area contributed by atoms with E-state index in [9.17, 15) is 5.11 Å². The Morgan fingerprint density at radius 2 is 2.06 bits per heavy atom. The van der Waals surface area contributed by atoms with Gasteiger partial charge in [-0.2, -0.15) is 0 Å². The molecule has 0 aliphatic heterocycles. The molecule has 96 valence electrons. The van der Waals surface area contributed by atoms with Crippen molar-refractivity contribution in [3.63, 3.8) is 0 Å². The number of halogens is 2. The van der Waals surface area contributed by atoms with Crippen molar-refractivity contribution in [3.05, 3.63) is 33.9 Å². The number of rotatable bonds is 4. The van der Waals surface area contributed by atoms with E-state index in [1.807, 2.05) is 19.1 Å². The molecule has 1 aromatic heterocycles. The van der Waals surface area contributed by atoms with Crippen LogP contribution in [0.25, 0.3) is 10.9 Å². The van der Waals surface area contributed by atoms with Crippen molar-refractivity contribution in [2.45, 2.75) is 20.0 Å². The topological polar surface area (TPSA) is 42.4 Å². The third-order valence-electron chi connectivity index (χ3n) is 2.51. The van der Waals surface area contributed by atoms with Crippen molar-refractivity contribution in [3.8, 4) is 5.75 Å². The molecule has 0 radical (unpaired) electrons. The van der Waals surface area contributed by atoms with Crippen molar-refractivity contribution >= 4 is 34.1 Å². The van der Waals surface area contributed by atoms with Crippen molar-refractivity contribution in [2.75, 3.05) is 6.61 Å². The Morgan fingerprint density at radius 3 is 2.78 bits per heavy atom. The van der Waals surface area contributed by atoms with Gasteiger partial charge in [-0.15, -0.1) is 0 Å². The molecule has 2 rings (SSSR count). The maximum atomic E-state index is 9.88. The Labute approximate surface area is 115 Å². The summed E-state index contributed by atoms with van der Waals surface area (Å²) in [6.45, 7) is 3.13. The minimum absolute atomic E-state index is 0.0478. The van der Waals surface area contributed by atoms with Gasteiger partial charge in [0.2, 0.25) is 0 Å². The van der Waals surface area contributed by atoms with Crippen molar-refractivity contribution < 1.29 is 9.84 Å². The molecule has 0 spiro atoms.